The molecule has 0 aliphatic rings. The number of ether oxygens (including phenoxy) is 1. The third-order valence-corrected chi connectivity index (χ3v) is 5.71. The predicted octanol–water partition coefficient (Wildman–Crippen LogP) is 6.58. The van der Waals surface area contributed by atoms with Crippen molar-refractivity contribution in [1.29, 1.82) is 0 Å². The number of hydrogen-bond donors (Lipinski definition) is 2. The summed E-state index contributed by atoms with van der Waals surface area (Å²) in [5.74, 6) is 0.732. The minimum Gasteiger partial charge on any atom is -0.483 e. The van der Waals surface area contributed by atoms with Crippen LogP contribution in [0, 0.1) is 6.92 Å². The quantitative estimate of drug-likeness (QED) is 0.272. The lowest BCUT2D eigenvalue weighted by Gasteiger charge is -2.12. The summed E-state index contributed by atoms with van der Waals surface area (Å²) in [6.45, 7) is 1.67. The number of aromatic nitrogens is 1. The molecular formula is C24H18Cl3N3O3S. The van der Waals surface area contributed by atoms with Crippen LogP contribution in [0.2, 0.25) is 15.1 Å². The highest BCUT2D eigenvalue weighted by Crippen LogP contribution is 2.29. The van der Waals surface area contributed by atoms with Crippen LogP contribution in [0.4, 0.5) is 5.69 Å². The van der Waals surface area contributed by atoms with Gasteiger partial charge in [0.1, 0.15) is 11.3 Å². The van der Waals surface area contributed by atoms with E-state index in [2.05, 4.69) is 15.6 Å². The molecule has 0 bridgehead atoms. The number of nitrogens with zero attached hydrogens (tertiary/aromatic N) is 1. The van der Waals surface area contributed by atoms with Gasteiger partial charge in [0, 0.05) is 22.2 Å². The molecule has 174 valence electrons. The molecule has 10 heteroatoms. The van der Waals surface area contributed by atoms with Gasteiger partial charge in [0.25, 0.3) is 5.91 Å². The summed E-state index contributed by atoms with van der Waals surface area (Å²) in [4.78, 5) is 16.6. The number of fused-ring (bicyclic) bond motifs is 1. The number of oxazole rings is 1. The van der Waals surface area contributed by atoms with E-state index < -0.39 is 0 Å². The largest absolute Gasteiger partial charge is 0.483 e. The zero-order chi connectivity index (χ0) is 24.2. The topological polar surface area (TPSA) is 76.4 Å². The van der Waals surface area contributed by atoms with Gasteiger partial charge in [-0.05, 0) is 72.7 Å². The smallest absolute Gasteiger partial charge is 0.264 e. The first-order chi connectivity index (χ1) is 16.3. The lowest BCUT2D eigenvalue weighted by Crippen LogP contribution is -2.37. The van der Waals surface area contributed by atoms with E-state index in [9.17, 15) is 4.79 Å². The second kappa shape index (κ2) is 10.6. The second-order valence-corrected chi connectivity index (χ2v) is 9.11. The molecule has 3 aromatic carbocycles. The maximum atomic E-state index is 12.1. The summed E-state index contributed by atoms with van der Waals surface area (Å²) in [5.41, 5.74) is 3.65. The standard InChI is InChI=1S/C24H18Cl3N3O3S/c1-13-8-15(25)4-7-20(13)32-12-21(31)30-24(34)28-17-5-2-14(3-6-17)9-22-29-19-11-16(26)10-18(27)23(19)33-22/h2-8,10-11H,9,12H2,1H3,(H2,28,30,31,34). The van der Waals surface area contributed by atoms with Crippen molar-refractivity contribution in [3.63, 3.8) is 0 Å². The van der Waals surface area contributed by atoms with E-state index >= 15 is 0 Å². The molecular weight excluding hydrogens is 517 g/mol. The molecule has 1 heterocycles. The average Bonchev–Trinajstić information content (AvgIpc) is 3.17. The SMILES string of the molecule is Cc1cc(Cl)ccc1OCC(=O)NC(=S)Nc1ccc(Cc2nc3cc(Cl)cc(Cl)c3o2)cc1. The molecule has 1 amide bonds. The van der Waals surface area contributed by atoms with Gasteiger partial charge in [0.2, 0.25) is 0 Å². The number of amides is 1. The van der Waals surface area contributed by atoms with Crippen LogP contribution in [-0.2, 0) is 11.2 Å². The minimum atomic E-state index is -0.377. The van der Waals surface area contributed by atoms with E-state index in [-0.39, 0.29) is 17.6 Å². The number of carbonyl (C=O) groups excluding carboxylic acids is 1. The minimum absolute atomic E-state index is 0.166. The summed E-state index contributed by atoms with van der Waals surface area (Å²) in [6, 6.07) is 16.0. The molecule has 4 rings (SSSR count). The summed E-state index contributed by atoms with van der Waals surface area (Å²) in [6.07, 6.45) is 0.478. The van der Waals surface area contributed by atoms with Gasteiger partial charge in [0.15, 0.2) is 23.2 Å². The summed E-state index contributed by atoms with van der Waals surface area (Å²) >= 11 is 23.3. The van der Waals surface area contributed by atoms with Crippen LogP contribution in [0.1, 0.15) is 17.0 Å². The molecule has 4 aromatic rings. The highest BCUT2D eigenvalue weighted by Gasteiger charge is 2.12. The van der Waals surface area contributed by atoms with Crippen molar-refractivity contribution in [2.45, 2.75) is 13.3 Å². The van der Waals surface area contributed by atoms with Gasteiger partial charge < -0.3 is 14.5 Å². The van der Waals surface area contributed by atoms with Gasteiger partial charge in [-0.3, -0.25) is 10.1 Å². The van der Waals surface area contributed by atoms with Gasteiger partial charge in [0.05, 0.1) is 5.02 Å². The number of thiocarbonyl (C=S) groups is 1. The number of carbonyl (C=O) groups is 1. The van der Waals surface area contributed by atoms with Crippen molar-refractivity contribution in [1.82, 2.24) is 10.3 Å². The normalized spacial score (nSPS) is 10.8. The number of rotatable bonds is 6. The van der Waals surface area contributed by atoms with Gasteiger partial charge in [-0.1, -0.05) is 46.9 Å². The monoisotopic (exact) mass is 533 g/mol. The summed E-state index contributed by atoms with van der Waals surface area (Å²) in [7, 11) is 0. The van der Waals surface area contributed by atoms with E-state index in [1.54, 1.807) is 30.3 Å². The highest BCUT2D eigenvalue weighted by molar-refractivity contribution is 7.80. The first-order valence-electron chi connectivity index (χ1n) is 10.1. The Morgan fingerprint density at radius 3 is 2.56 bits per heavy atom. The third-order valence-electron chi connectivity index (χ3n) is 4.77. The Hall–Kier alpha value is -2.84. The number of anilines is 1. The van der Waals surface area contributed by atoms with Gasteiger partial charge in [-0.2, -0.15) is 0 Å². The van der Waals surface area contributed by atoms with E-state index in [4.69, 9.17) is 56.2 Å². The fourth-order valence-corrected chi connectivity index (χ4v) is 4.18. The van der Waals surface area contributed by atoms with Crippen LogP contribution in [0.25, 0.3) is 11.1 Å². The first-order valence-corrected chi connectivity index (χ1v) is 11.6. The van der Waals surface area contributed by atoms with Crippen molar-refractivity contribution in [2.24, 2.45) is 0 Å². The lowest BCUT2D eigenvalue weighted by atomic mass is 10.1. The second-order valence-electron chi connectivity index (χ2n) is 7.42. The van der Waals surface area contributed by atoms with Crippen LogP contribution in [0.5, 0.6) is 5.75 Å². The van der Waals surface area contributed by atoms with Crippen molar-refractivity contribution >= 4 is 74.8 Å². The first kappa shape index (κ1) is 24.3. The molecule has 0 spiro atoms. The van der Waals surface area contributed by atoms with Crippen LogP contribution in [-0.4, -0.2) is 22.6 Å². The number of aryl methyl sites for hydroxylation is 1. The fourth-order valence-electron chi connectivity index (χ4n) is 3.21. The van der Waals surface area contributed by atoms with E-state index in [1.165, 1.54) is 0 Å². The molecule has 6 nitrogen and oxygen atoms in total. The van der Waals surface area contributed by atoms with E-state index in [0.717, 1.165) is 16.8 Å². The summed E-state index contributed by atoms with van der Waals surface area (Å²) < 4.78 is 11.3. The Bertz CT molecular complexity index is 1370. The molecule has 0 unspecified atom stereocenters. The fraction of sp³-hybridized carbons (Fsp3) is 0.125. The molecule has 2 N–H and O–H groups in total. The Morgan fingerprint density at radius 2 is 1.82 bits per heavy atom. The third kappa shape index (κ3) is 6.18. The molecule has 34 heavy (non-hydrogen) atoms. The van der Waals surface area contributed by atoms with Crippen molar-refractivity contribution in [3.05, 3.63) is 86.7 Å². The number of hydrogen-bond acceptors (Lipinski definition) is 5. The Balaban J connectivity index is 1.29. The zero-order valence-electron chi connectivity index (χ0n) is 17.8. The maximum absolute atomic E-state index is 12.1. The van der Waals surface area contributed by atoms with Crippen LogP contribution in [0.3, 0.4) is 0 Å². The van der Waals surface area contributed by atoms with Crippen molar-refractivity contribution < 1.29 is 13.9 Å². The predicted molar refractivity (Wildman–Crippen MR) is 139 cm³/mol. The van der Waals surface area contributed by atoms with Gasteiger partial charge in [-0.15, -0.1) is 0 Å². The average molecular weight is 535 g/mol. The Morgan fingerprint density at radius 1 is 1.06 bits per heavy atom. The van der Waals surface area contributed by atoms with E-state index in [0.29, 0.717) is 44.2 Å². The van der Waals surface area contributed by atoms with E-state index in [1.807, 2.05) is 31.2 Å². The van der Waals surface area contributed by atoms with Crippen LogP contribution < -0.4 is 15.4 Å². The Kier molecular flexibility index (Phi) is 7.58. The Labute approximate surface area is 216 Å². The van der Waals surface area contributed by atoms with Crippen LogP contribution >= 0.6 is 47.0 Å². The molecule has 0 aliphatic heterocycles. The van der Waals surface area contributed by atoms with Gasteiger partial charge >= 0.3 is 0 Å². The lowest BCUT2D eigenvalue weighted by molar-refractivity contribution is -0.121. The highest BCUT2D eigenvalue weighted by atomic mass is 35.5. The molecule has 0 atom stereocenters. The number of nitrogens with one attached hydrogen (secondary N) is 2. The van der Waals surface area contributed by atoms with Crippen molar-refractivity contribution in [3.8, 4) is 5.75 Å². The van der Waals surface area contributed by atoms with Gasteiger partial charge in [-0.25, -0.2) is 4.98 Å². The van der Waals surface area contributed by atoms with Crippen LogP contribution in [0.15, 0.2) is 59.0 Å². The van der Waals surface area contributed by atoms with Crippen molar-refractivity contribution in [2.75, 3.05) is 11.9 Å². The zero-order valence-corrected chi connectivity index (χ0v) is 20.9. The molecule has 1 aromatic heterocycles. The molecule has 0 radical (unpaired) electrons. The number of halogens is 3. The molecule has 0 fully saturated rings. The molecule has 0 saturated heterocycles. The number of benzene rings is 3. The maximum Gasteiger partial charge on any atom is 0.264 e. The molecule has 0 aliphatic carbocycles. The molecule has 0 saturated carbocycles. The summed E-state index contributed by atoms with van der Waals surface area (Å²) in [5, 5.41) is 7.26.